The minimum Gasteiger partial charge on any atom is -0.479 e. The van der Waals surface area contributed by atoms with Gasteiger partial charge in [-0.25, -0.2) is 13.1 Å². The van der Waals surface area contributed by atoms with E-state index in [2.05, 4.69) is 15.4 Å². The third-order valence-corrected chi connectivity index (χ3v) is 6.17. The summed E-state index contributed by atoms with van der Waals surface area (Å²) < 4.78 is 32.7. The van der Waals surface area contributed by atoms with E-state index in [4.69, 9.17) is 4.74 Å². The van der Waals surface area contributed by atoms with E-state index in [1.54, 1.807) is 32.0 Å². The molecule has 8 nitrogen and oxygen atoms in total. The fraction of sp³-hybridized carbons (Fsp3) is 0.300. The number of nitrogens with one attached hydrogen (secondary N) is 3. The normalized spacial score (nSPS) is 16.9. The van der Waals surface area contributed by atoms with Gasteiger partial charge in [-0.15, -0.1) is 0 Å². The number of sulfonamides is 1. The van der Waals surface area contributed by atoms with Crippen molar-refractivity contribution < 1.29 is 22.7 Å². The SMILES string of the molecule is CC[C@@H](C)NS(=O)(=O)c1ccc(C(=O)Nc2ccc3c(c2)NC(=O)[C@@H](C)O3)cc1. The second-order valence-corrected chi connectivity index (χ2v) is 8.58. The summed E-state index contributed by atoms with van der Waals surface area (Å²) in [5.74, 6) is -0.137. The average molecular weight is 417 g/mol. The van der Waals surface area contributed by atoms with Gasteiger partial charge in [-0.1, -0.05) is 6.92 Å². The van der Waals surface area contributed by atoms with Gasteiger partial charge in [0.1, 0.15) is 5.75 Å². The molecule has 154 valence electrons. The van der Waals surface area contributed by atoms with Crippen LogP contribution in [-0.2, 0) is 14.8 Å². The molecular formula is C20H23N3O5S. The summed E-state index contributed by atoms with van der Waals surface area (Å²) >= 11 is 0. The first-order valence-electron chi connectivity index (χ1n) is 9.25. The smallest absolute Gasteiger partial charge is 0.265 e. The van der Waals surface area contributed by atoms with Crippen LogP contribution in [0, 0.1) is 0 Å². The number of fused-ring (bicyclic) bond motifs is 1. The lowest BCUT2D eigenvalue weighted by Gasteiger charge is -2.23. The lowest BCUT2D eigenvalue weighted by molar-refractivity contribution is -0.122. The van der Waals surface area contributed by atoms with Crippen molar-refractivity contribution >= 4 is 33.2 Å². The van der Waals surface area contributed by atoms with Crippen molar-refractivity contribution in [2.24, 2.45) is 0 Å². The second-order valence-electron chi connectivity index (χ2n) is 6.87. The monoisotopic (exact) mass is 417 g/mol. The van der Waals surface area contributed by atoms with Gasteiger partial charge < -0.3 is 15.4 Å². The highest BCUT2D eigenvalue weighted by Gasteiger charge is 2.24. The Balaban J connectivity index is 1.72. The van der Waals surface area contributed by atoms with Crippen LogP contribution in [0.25, 0.3) is 0 Å². The second kappa shape index (κ2) is 8.22. The summed E-state index contributed by atoms with van der Waals surface area (Å²) in [5.41, 5.74) is 1.25. The molecule has 29 heavy (non-hydrogen) atoms. The van der Waals surface area contributed by atoms with Crippen LogP contribution in [0.5, 0.6) is 5.75 Å². The van der Waals surface area contributed by atoms with E-state index in [-0.39, 0.29) is 16.8 Å². The van der Waals surface area contributed by atoms with Crippen LogP contribution in [0.15, 0.2) is 47.4 Å². The van der Waals surface area contributed by atoms with Crippen molar-refractivity contribution in [1.82, 2.24) is 4.72 Å². The largest absolute Gasteiger partial charge is 0.479 e. The van der Waals surface area contributed by atoms with Crippen LogP contribution in [0.2, 0.25) is 0 Å². The topological polar surface area (TPSA) is 114 Å². The molecule has 0 saturated heterocycles. The number of amides is 2. The molecule has 0 bridgehead atoms. The van der Waals surface area contributed by atoms with Crippen molar-refractivity contribution in [2.75, 3.05) is 10.6 Å². The Morgan fingerprint density at radius 2 is 1.90 bits per heavy atom. The van der Waals surface area contributed by atoms with Gasteiger partial charge in [-0.2, -0.15) is 0 Å². The lowest BCUT2D eigenvalue weighted by Crippen LogP contribution is -2.34. The molecule has 2 aromatic rings. The van der Waals surface area contributed by atoms with Gasteiger partial charge in [0, 0.05) is 17.3 Å². The van der Waals surface area contributed by atoms with E-state index in [0.717, 1.165) is 0 Å². The molecule has 3 N–H and O–H groups in total. The Hall–Kier alpha value is -2.91. The summed E-state index contributed by atoms with van der Waals surface area (Å²) in [4.78, 5) is 24.3. The zero-order chi connectivity index (χ0) is 21.2. The van der Waals surface area contributed by atoms with E-state index in [1.165, 1.54) is 24.3 Å². The number of anilines is 2. The number of ether oxygens (including phenoxy) is 1. The van der Waals surface area contributed by atoms with Crippen LogP contribution < -0.4 is 20.1 Å². The Labute approximate surface area is 169 Å². The molecule has 0 aromatic heterocycles. The number of carbonyl (C=O) groups is 2. The van der Waals surface area contributed by atoms with Gasteiger partial charge in [-0.3, -0.25) is 9.59 Å². The molecule has 1 aliphatic rings. The maximum absolute atomic E-state index is 12.5. The van der Waals surface area contributed by atoms with Gasteiger partial charge in [0.25, 0.3) is 11.8 Å². The minimum atomic E-state index is -3.63. The Kier molecular flexibility index (Phi) is 5.90. The Morgan fingerprint density at radius 3 is 2.55 bits per heavy atom. The van der Waals surface area contributed by atoms with E-state index < -0.39 is 22.0 Å². The van der Waals surface area contributed by atoms with Gasteiger partial charge in [0.15, 0.2) is 6.10 Å². The maximum atomic E-state index is 12.5. The van der Waals surface area contributed by atoms with Crippen LogP contribution in [0.3, 0.4) is 0 Å². The third kappa shape index (κ3) is 4.75. The number of rotatable bonds is 6. The first-order chi connectivity index (χ1) is 13.7. The van der Waals surface area contributed by atoms with Crippen molar-refractivity contribution in [2.45, 2.75) is 44.2 Å². The molecule has 2 amide bonds. The molecule has 0 fully saturated rings. The van der Waals surface area contributed by atoms with Crippen LogP contribution in [0.4, 0.5) is 11.4 Å². The van der Waals surface area contributed by atoms with E-state index >= 15 is 0 Å². The summed E-state index contributed by atoms with van der Waals surface area (Å²) in [6.45, 7) is 5.32. The lowest BCUT2D eigenvalue weighted by atomic mass is 10.2. The number of hydrogen-bond acceptors (Lipinski definition) is 5. The molecule has 3 rings (SSSR count). The van der Waals surface area contributed by atoms with Crippen molar-refractivity contribution in [1.29, 1.82) is 0 Å². The van der Waals surface area contributed by atoms with Crippen LogP contribution in [-0.4, -0.2) is 32.4 Å². The van der Waals surface area contributed by atoms with Gasteiger partial charge in [0.05, 0.1) is 10.6 Å². The van der Waals surface area contributed by atoms with Crippen LogP contribution in [0.1, 0.15) is 37.6 Å². The Bertz CT molecular complexity index is 1030. The summed E-state index contributed by atoms with van der Waals surface area (Å²) in [6.07, 6.45) is 0.0952. The third-order valence-electron chi connectivity index (χ3n) is 4.56. The van der Waals surface area contributed by atoms with Crippen molar-refractivity contribution in [3.63, 3.8) is 0 Å². The quantitative estimate of drug-likeness (QED) is 0.669. The van der Waals surface area contributed by atoms with Crippen LogP contribution >= 0.6 is 0 Å². The summed E-state index contributed by atoms with van der Waals surface area (Å²) in [7, 11) is -3.63. The summed E-state index contributed by atoms with van der Waals surface area (Å²) in [5, 5.41) is 5.44. The number of hydrogen-bond donors (Lipinski definition) is 3. The molecule has 2 aromatic carbocycles. The average Bonchev–Trinajstić information content (AvgIpc) is 2.68. The summed E-state index contributed by atoms with van der Waals surface area (Å²) in [6, 6.07) is 10.4. The minimum absolute atomic E-state index is 0.0945. The molecule has 0 aliphatic carbocycles. The standard InChI is InChI=1S/C20H23N3O5S/c1-4-12(2)23-29(26,27)16-8-5-14(6-9-16)20(25)21-15-7-10-18-17(11-15)22-19(24)13(3)28-18/h5-13,23H,4H2,1-3H3,(H,21,25)(H,22,24)/t12-,13-/m1/s1. The first kappa shape index (κ1) is 20.8. The van der Waals surface area contributed by atoms with Crippen molar-refractivity contribution in [3.05, 3.63) is 48.0 Å². The number of carbonyl (C=O) groups excluding carboxylic acids is 2. The fourth-order valence-corrected chi connectivity index (χ4v) is 4.02. The maximum Gasteiger partial charge on any atom is 0.265 e. The van der Waals surface area contributed by atoms with Gasteiger partial charge in [0.2, 0.25) is 10.0 Å². The highest BCUT2D eigenvalue weighted by molar-refractivity contribution is 7.89. The zero-order valence-corrected chi connectivity index (χ0v) is 17.2. The molecule has 1 heterocycles. The molecule has 0 unspecified atom stereocenters. The highest BCUT2D eigenvalue weighted by Crippen LogP contribution is 2.32. The van der Waals surface area contributed by atoms with E-state index in [9.17, 15) is 18.0 Å². The molecule has 0 radical (unpaired) electrons. The van der Waals surface area contributed by atoms with E-state index in [1.807, 2.05) is 6.92 Å². The molecule has 0 spiro atoms. The predicted molar refractivity (Wildman–Crippen MR) is 110 cm³/mol. The molecule has 0 saturated carbocycles. The molecule has 1 aliphatic heterocycles. The fourth-order valence-electron chi connectivity index (χ4n) is 2.69. The van der Waals surface area contributed by atoms with Gasteiger partial charge >= 0.3 is 0 Å². The van der Waals surface area contributed by atoms with E-state index in [0.29, 0.717) is 29.1 Å². The van der Waals surface area contributed by atoms with Crippen molar-refractivity contribution in [3.8, 4) is 5.75 Å². The highest BCUT2D eigenvalue weighted by atomic mass is 32.2. The Morgan fingerprint density at radius 1 is 1.21 bits per heavy atom. The molecule has 2 atom stereocenters. The molecule has 9 heteroatoms. The number of benzene rings is 2. The zero-order valence-electron chi connectivity index (χ0n) is 16.4. The molecular weight excluding hydrogens is 394 g/mol. The first-order valence-corrected chi connectivity index (χ1v) is 10.7. The predicted octanol–water partition coefficient (Wildman–Crippen LogP) is 2.74. The van der Waals surface area contributed by atoms with Gasteiger partial charge in [-0.05, 0) is 62.7 Å².